The van der Waals surface area contributed by atoms with E-state index in [1.54, 1.807) is 6.07 Å². The van der Waals surface area contributed by atoms with Crippen LogP contribution in [-0.2, 0) is 0 Å². The summed E-state index contributed by atoms with van der Waals surface area (Å²) in [6, 6.07) is 1.61. The summed E-state index contributed by atoms with van der Waals surface area (Å²) in [5.74, 6) is 0. The van der Waals surface area contributed by atoms with E-state index in [4.69, 9.17) is 0 Å². The van der Waals surface area contributed by atoms with Crippen LogP contribution in [0.1, 0.15) is 0 Å². The highest BCUT2D eigenvalue weighted by Gasteiger charge is 2.18. The lowest BCUT2D eigenvalue weighted by atomic mass is 10.3. The lowest BCUT2D eigenvalue weighted by Gasteiger charge is -1.89. The van der Waals surface area contributed by atoms with Crippen molar-refractivity contribution < 1.29 is 9.53 Å². The van der Waals surface area contributed by atoms with E-state index in [1.807, 2.05) is 0 Å². The fourth-order valence-corrected chi connectivity index (χ4v) is 2.40. The molecule has 8 heteroatoms. The highest BCUT2D eigenvalue weighted by molar-refractivity contribution is 9.10. The summed E-state index contributed by atoms with van der Waals surface area (Å²) >= 11 is 4.37. The first kappa shape index (κ1) is 8.06. The maximum absolute atomic E-state index is 11.1. The molecule has 0 fully saturated rings. The number of fused-ring (bicyclic) bond motifs is 3. The van der Waals surface area contributed by atoms with Gasteiger partial charge in [0.25, 0.3) is 5.52 Å². The minimum Gasteiger partial charge on any atom is -0.359 e. The molecule has 0 spiro atoms. The predicted molar refractivity (Wildman–Crippen MR) is 51.6 cm³/mol. The Balaban J connectivity index is 2.67. The SMILES string of the molecule is [O-][n+]1onc2c3nsnc3c(Br)cc21. The number of benzene rings is 1. The van der Waals surface area contributed by atoms with Gasteiger partial charge in [-0.2, -0.15) is 8.75 Å². The Kier molecular flexibility index (Phi) is 1.50. The Morgan fingerprint density at radius 2 is 2.14 bits per heavy atom. The van der Waals surface area contributed by atoms with Crippen molar-refractivity contribution in [1.82, 2.24) is 13.9 Å². The molecule has 2 aromatic heterocycles. The van der Waals surface area contributed by atoms with Crippen LogP contribution in [0.25, 0.3) is 22.1 Å². The van der Waals surface area contributed by atoms with Crippen molar-refractivity contribution in [2.24, 2.45) is 0 Å². The molecule has 0 amide bonds. The standard InChI is InChI=1S/C6HBrN4O2S/c7-2-1-3-5(8-13-11(3)12)6-4(2)9-14-10-6/h1H. The van der Waals surface area contributed by atoms with E-state index >= 15 is 0 Å². The van der Waals surface area contributed by atoms with Crippen molar-refractivity contribution in [1.29, 1.82) is 0 Å². The van der Waals surface area contributed by atoms with E-state index in [0.717, 1.165) is 11.7 Å². The number of hydrogen-bond donors (Lipinski definition) is 0. The molecule has 3 aromatic rings. The van der Waals surface area contributed by atoms with Crippen molar-refractivity contribution in [3.63, 3.8) is 0 Å². The van der Waals surface area contributed by atoms with Crippen LogP contribution in [0, 0.1) is 5.21 Å². The molecule has 0 aliphatic heterocycles. The third kappa shape index (κ3) is 0.891. The second-order valence-electron chi connectivity index (χ2n) is 2.62. The quantitative estimate of drug-likeness (QED) is 0.575. The molecule has 70 valence electrons. The van der Waals surface area contributed by atoms with Crippen molar-refractivity contribution in [2.75, 3.05) is 0 Å². The lowest BCUT2D eigenvalue weighted by Crippen LogP contribution is -2.22. The Hall–Kier alpha value is -1.28. The normalized spacial score (nSPS) is 11.5. The van der Waals surface area contributed by atoms with Crippen molar-refractivity contribution >= 4 is 49.7 Å². The summed E-state index contributed by atoms with van der Waals surface area (Å²) < 4.78 is 13.3. The van der Waals surface area contributed by atoms with E-state index in [0.29, 0.717) is 31.4 Å². The minimum absolute atomic E-state index is 0.345. The number of aromatic nitrogens is 4. The Bertz CT molecular complexity index is 633. The Labute approximate surface area is 89.1 Å². The van der Waals surface area contributed by atoms with Crippen LogP contribution in [0.3, 0.4) is 0 Å². The molecule has 0 bridgehead atoms. The first-order valence-corrected chi connectivity index (χ1v) is 5.10. The summed E-state index contributed by atoms with van der Waals surface area (Å²) in [6.07, 6.45) is 0. The molecule has 0 atom stereocenters. The van der Waals surface area contributed by atoms with E-state index in [2.05, 4.69) is 34.5 Å². The van der Waals surface area contributed by atoms with Crippen molar-refractivity contribution in [2.45, 2.75) is 0 Å². The smallest absolute Gasteiger partial charge is 0.277 e. The van der Waals surface area contributed by atoms with Crippen LogP contribution in [-0.4, -0.2) is 13.9 Å². The van der Waals surface area contributed by atoms with E-state index in [9.17, 15) is 5.21 Å². The molecule has 0 aliphatic rings. The van der Waals surface area contributed by atoms with E-state index in [1.165, 1.54) is 0 Å². The molecular weight excluding hydrogens is 272 g/mol. The van der Waals surface area contributed by atoms with Crippen LogP contribution >= 0.6 is 27.7 Å². The van der Waals surface area contributed by atoms with Gasteiger partial charge in [-0.25, -0.2) is 0 Å². The zero-order valence-electron chi connectivity index (χ0n) is 6.47. The Morgan fingerprint density at radius 1 is 1.36 bits per heavy atom. The van der Waals surface area contributed by atoms with Crippen molar-refractivity contribution in [3.8, 4) is 0 Å². The molecule has 0 unspecified atom stereocenters. The molecule has 14 heavy (non-hydrogen) atoms. The van der Waals surface area contributed by atoms with Crippen LogP contribution in [0.15, 0.2) is 15.2 Å². The van der Waals surface area contributed by atoms with Gasteiger partial charge in [0.05, 0.1) is 16.2 Å². The zero-order chi connectivity index (χ0) is 9.71. The molecule has 0 saturated carbocycles. The number of nitrogens with zero attached hydrogens (tertiary/aromatic N) is 4. The maximum Gasteiger partial charge on any atom is 0.277 e. The fourth-order valence-electron chi connectivity index (χ4n) is 1.23. The van der Waals surface area contributed by atoms with Gasteiger partial charge in [0, 0.05) is 11.2 Å². The summed E-state index contributed by atoms with van der Waals surface area (Å²) in [4.78, 5) is 0.346. The topological polar surface area (TPSA) is 78.8 Å². The molecule has 6 nitrogen and oxygen atoms in total. The first-order valence-electron chi connectivity index (χ1n) is 3.57. The summed E-state index contributed by atoms with van der Waals surface area (Å²) in [6.45, 7) is 0. The monoisotopic (exact) mass is 272 g/mol. The van der Waals surface area contributed by atoms with E-state index < -0.39 is 0 Å². The van der Waals surface area contributed by atoms with Crippen LogP contribution in [0.2, 0.25) is 0 Å². The van der Waals surface area contributed by atoms with Gasteiger partial charge in [-0.3, -0.25) is 4.63 Å². The van der Waals surface area contributed by atoms with Crippen LogP contribution in [0.4, 0.5) is 0 Å². The third-order valence-corrected chi connectivity index (χ3v) is 2.98. The van der Waals surface area contributed by atoms with E-state index in [-0.39, 0.29) is 0 Å². The average molecular weight is 273 g/mol. The fraction of sp³-hybridized carbons (Fsp3) is 0. The van der Waals surface area contributed by atoms with Gasteiger partial charge < -0.3 is 5.21 Å². The van der Waals surface area contributed by atoms with Crippen molar-refractivity contribution in [3.05, 3.63) is 15.7 Å². The zero-order valence-corrected chi connectivity index (χ0v) is 8.87. The van der Waals surface area contributed by atoms with Gasteiger partial charge in [-0.15, -0.1) is 0 Å². The lowest BCUT2D eigenvalue weighted by molar-refractivity contribution is -0.782. The van der Waals surface area contributed by atoms with Gasteiger partial charge in [-0.05, 0) is 20.8 Å². The van der Waals surface area contributed by atoms with Gasteiger partial charge in [0.15, 0.2) is 5.52 Å². The number of halogens is 1. The summed E-state index contributed by atoms with van der Waals surface area (Å²) in [7, 11) is 0. The Morgan fingerprint density at radius 3 is 3.00 bits per heavy atom. The average Bonchev–Trinajstić information content (AvgIpc) is 2.74. The predicted octanol–water partition coefficient (Wildman–Crippen LogP) is 1.23. The first-order chi connectivity index (χ1) is 6.77. The summed E-state index contributed by atoms with van der Waals surface area (Å²) in [5.41, 5.74) is 2.05. The molecule has 0 aliphatic carbocycles. The minimum atomic E-state index is 0.345. The third-order valence-electron chi connectivity index (χ3n) is 1.85. The van der Waals surface area contributed by atoms with Gasteiger partial charge in [0.2, 0.25) is 5.52 Å². The molecule has 0 saturated heterocycles. The molecular formula is C6HBrN4O2S. The molecule has 0 radical (unpaired) electrons. The molecule has 2 heterocycles. The highest BCUT2D eigenvalue weighted by atomic mass is 79.9. The summed E-state index contributed by atoms with van der Waals surface area (Å²) in [5, 5.41) is 14.7. The van der Waals surface area contributed by atoms with Crippen LogP contribution < -0.4 is 4.90 Å². The number of rotatable bonds is 0. The second-order valence-corrected chi connectivity index (χ2v) is 4.00. The molecule has 3 rings (SSSR count). The largest absolute Gasteiger partial charge is 0.359 e. The molecule has 0 N–H and O–H groups in total. The molecule has 1 aromatic carbocycles. The van der Waals surface area contributed by atoms with Gasteiger partial charge in [-0.1, -0.05) is 0 Å². The second kappa shape index (κ2) is 2.61. The van der Waals surface area contributed by atoms with Gasteiger partial charge >= 0.3 is 0 Å². The van der Waals surface area contributed by atoms with Gasteiger partial charge in [0.1, 0.15) is 5.52 Å². The maximum atomic E-state index is 11.1. The number of hydrogen-bond acceptors (Lipinski definition) is 6. The highest BCUT2D eigenvalue weighted by Crippen LogP contribution is 2.27. The van der Waals surface area contributed by atoms with Crippen LogP contribution in [0.5, 0.6) is 0 Å².